The molecule has 0 bridgehead atoms. The normalized spacial score (nSPS) is 11.1. The molecule has 0 atom stereocenters. The van der Waals surface area contributed by atoms with Crippen LogP contribution >= 0.6 is 23.2 Å². The van der Waals surface area contributed by atoms with Crippen molar-refractivity contribution in [2.75, 3.05) is 0 Å². The number of aromatic amines is 1. The van der Waals surface area contributed by atoms with Crippen molar-refractivity contribution in [2.24, 2.45) is 0 Å². The van der Waals surface area contributed by atoms with E-state index in [0.717, 1.165) is 28.8 Å². The maximum atomic E-state index is 6.02. The van der Waals surface area contributed by atoms with E-state index >= 15 is 0 Å². The molecule has 0 spiro atoms. The van der Waals surface area contributed by atoms with Crippen molar-refractivity contribution in [1.82, 2.24) is 9.97 Å². The van der Waals surface area contributed by atoms with Gasteiger partial charge < -0.3 is 4.98 Å². The van der Waals surface area contributed by atoms with Crippen LogP contribution in [0.2, 0.25) is 10.0 Å². The Bertz CT molecular complexity index is 708. The minimum absolute atomic E-state index is 0.524. The molecule has 96 valence electrons. The minimum Gasteiger partial charge on any atom is -0.338 e. The number of imidazole rings is 1. The molecular formula is C15H12Cl2N2. The van der Waals surface area contributed by atoms with E-state index in [1.165, 1.54) is 5.56 Å². The lowest BCUT2D eigenvalue weighted by molar-refractivity contribution is 1.13. The van der Waals surface area contributed by atoms with Crippen molar-refractivity contribution in [1.29, 1.82) is 0 Å². The Balaban J connectivity index is 2.20. The second-order valence-corrected chi connectivity index (χ2v) is 5.19. The summed E-state index contributed by atoms with van der Waals surface area (Å²) in [6.45, 7) is 2.13. The molecule has 0 saturated heterocycles. The van der Waals surface area contributed by atoms with Gasteiger partial charge in [-0.05, 0) is 24.1 Å². The average Bonchev–Trinajstić information content (AvgIpc) is 2.82. The van der Waals surface area contributed by atoms with Gasteiger partial charge in [-0.3, -0.25) is 0 Å². The first-order valence-corrected chi connectivity index (χ1v) is 6.87. The fourth-order valence-corrected chi connectivity index (χ4v) is 2.51. The molecule has 0 fully saturated rings. The number of hydrogen-bond donors (Lipinski definition) is 1. The number of nitrogens with one attached hydrogen (secondary N) is 1. The van der Waals surface area contributed by atoms with Crippen molar-refractivity contribution in [3.8, 4) is 11.4 Å². The molecule has 1 heterocycles. The number of hydrogen-bond acceptors (Lipinski definition) is 1. The summed E-state index contributed by atoms with van der Waals surface area (Å²) in [5, 5.41) is 1.06. The van der Waals surface area contributed by atoms with E-state index < -0.39 is 0 Å². The Kier molecular flexibility index (Phi) is 3.21. The number of H-pyrrole nitrogens is 1. The molecule has 1 aromatic heterocycles. The zero-order valence-electron chi connectivity index (χ0n) is 10.4. The highest BCUT2D eigenvalue weighted by Gasteiger charge is 2.10. The van der Waals surface area contributed by atoms with E-state index in [2.05, 4.69) is 29.0 Å². The van der Waals surface area contributed by atoms with Crippen molar-refractivity contribution >= 4 is 34.2 Å². The maximum Gasteiger partial charge on any atom is 0.138 e. The van der Waals surface area contributed by atoms with E-state index in [9.17, 15) is 0 Å². The molecule has 0 amide bonds. The first-order chi connectivity index (χ1) is 9.19. The van der Waals surface area contributed by atoms with Crippen LogP contribution in [0.25, 0.3) is 22.4 Å². The summed E-state index contributed by atoms with van der Waals surface area (Å²) in [6.07, 6.45) is 0.967. The first kappa shape index (κ1) is 12.5. The molecule has 0 aliphatic heterocycles. The van der Waals surface area contributed by atoms with Gasteiger partial charge in [0.2, 0.25) is 0 Å². The van der Waals surface area contributed by atoms with Crippen LogP contribution < -0.4 is 0 Å². The SMILES string of the molecule is CCc1ccccc1-c1nc2cc(Cl)c(Cl)cc2[nH]1. The number of benzene rings is 2. The van der Waals surface area contributed by atoms with Gasteiger partial charge in [0.25, 0.3) is 0 Å². The molecule has 0 radical (unpaired) electrons. The monoisotopic (exact) mass is 290 g/mol. The molecule has 3 rings (SSSR count). The van der Waals surface area contributed by atoms with E-state index in [0.29, 0.717) is 10.0 Å². The second-order valence-electron chi connectivity index (χ2n) is 4.38. The smallest absolute Gasteiger partial charge is 0.138 e. The van der Waals surface area contributed by atoms with Crippen LogP contribution in [0.1, 0.15) is 12.5 Å². The van der Waals surface area contributed by atoms with Crippen molar-refractivity contribution < 1.29 is 0 Å². The summed E-state index contributed by atoms with van der Waals surface area (Å²) >= 11 is 12.0. The van der Waals surface area contributed by atoms with Gasteiger partial charge in [0.15, 0.2) is 0 Å². The fourth-order valence-electron chi connectivity index (χ4n) is 2.19. The zero-order chi connectivity index (χ0) is 13.4. The standard InChI is InChI=1S/C15H12Cl2N2/c1-2-9-5-3-4-6-10(9)15-18-13-7-11(16)12(17)8-14(13)19-15/h3-8H,2H2,1H3,(H,18,19). The molecule has 2 nitrogen and oxygen atoms in total. The van der Waals surface area contributed by atoms with Gasteiger partial charge in [-0.2, -0.15) is 0 Å². The summed E-state index contributed by atoms with van der Waals surface area (Å²) < 4.78 is 0. The Morgan fingerprint density at radius 2 is 1.84 bits per heavy atom. The highest BCUT2D eigenvalue weighted by Crippen LogP contribution is 2.29. The van der Waals surface area contributed by atoms with Gasteiger partial charge in [0, 0.05) is 5.56 Å². The van der Waals surface area contributed by atoms with Crippen LogP contribution in [0.4, 0.5) is 0 Å². The predicted octanol–water partition coefficient (Wildman–Crippen LogP) is 5.10. The number of rotatable bonds is 2. The first-order valence-electron chi connectivity index (χ1n) is 6.12. The van der Waals surface area contributed by atoms with Crippen LogP contribution in [-0.4, -0.2) is 9.97 Å². The molecule has 0 aliphatic carbocycles. The predicted molar refractivity (Wildman–Crippen MR) is 80.9 cm³/mol. The van der Waals surface area contributed by atoms with Crippen LogP contribution in [-0.2, 0) is 6.42 Å². The molecule has 0 unspecified atom stereocenters. The third-order valence-corrected chi connectivity index (χ3v) is 3.90. The zero-order valence-corrected chi connectivity index (χ0v) is 11.9. The number of aryl methyl sites for hydroxylation is 1. The van der Waals surface area contributed by atoms with Crippen LogP contribution in [0.3, 0.4) is 0 Å². The van der Waals surface area contributed by atoms with Crippen LogP contribution in [0.5, 0.6) is 0 Å². The summed E-state index contributed by atoms with van der Waals surface area (Å²) in [5.41, 5.74) is 4.11. The van der Waals surface area contributed by atoms with Gasteiger partial charge >= 0.3 is 0 Å². The van der Waals surface area contributed by atoms with Gasteiger partial charge in [-0.1, -0.05) is 54.4 Å². The van der Waals surface area contributed by atoms with Crippen molar-refractivity contribution in [3.05, 3.63) is 52.0 Å². The fraction of sp³-hybridized carbons (Fsp3) is 0.133. The largest absolute Gasteiger partial charge is 0.338 e. The molecule has 2 aromatic carbocycles. The number of halogens is 2. The minimum atomic E-state index is 0.524. The van der Waals surface area contributed by atoms with Crippen LogP contribution in [0.15, 0.2) is 36.4 Å². The van der Waals surface area contributed by atoms with Crippen LogP contribution in [0, 0.1) is 0 Å². The highest BCUT2D eigenvalue weighted by molar-refractivity contribution is 6.42. The van der Waals surface area contributed by atoms with Crippen molar-refractivity contribution in [3.63, 3.8) is 0 Å². The molecular weight excluding hydrogens is 279 g/mol. The Labute approximate surface area is 121 Å². The summed E-state index contributed by atoms with van der Waals surface area (Å²) in [4.78, 5) is 7.90. The topological polar surface area (TPSA) is 28.7 Å². The summed E-state index contributed by atoms with van der Waals surface area (Å²) in [6, 6.07) is 11.8. The lowest BCUT2D eigenvalue weighted by atomic mass is 10.1. The lowest BCUT2D eigenvalue weighted by Crippen LogP contribution is -1.88. The highest BCUT2D eigenvalue weighted by atomic mass is 35.5. The molecule has 19 heavy (non-hydrogen) atoms. The molecule has 0 aliphatic rings. The van der Waals surface area contributed by atoms with Crippen molar-refractivity contribution in [2.45, 2.75) is 13.3 Å². The average molecular weight is 291 g/mol. The molecule has 3 aromatic rings. The van der Waals surface area contributed by atoms with Gasteiger partial charge in [-0.25, -0.2) is 4.98 Å². The summed E-state index contributed by atoms with van der Waals surface area (Å²) in [5.74, 6) is 0.853. The van der Waals surface area contributed by atoms with E-state index in [1.807, 2.05) is 18.2 Å². The lowest BCUT2D eigenvalue weighted by Gasteiger charge is -2.03. The Morgan fingerprint density at radius 1 is 1.11 bits per heavy atom. The quantitative estimate of drug-likeness (QED) is 0.699. The third-order valence-electron chi connectivity index (χ3n) is 3.18. The number of nitrogens with zero attached hydrogens (tertiary/aromatic N) is 1. The van der Waals surface area contributed by atoms with E-state index in [1.54, 1.807) is 6.07 Å². The van der Waals surface area contributed by atoms with Gasteiger partial charge in [0.1, 0.15) is 5.82 Å². The second kappa shape index (κ2) is 4.87. The summed E-state index contributed by atoms with van der Waals surface area (Å²) in [7, 11) is 0. The van der Waals surface area contributed by atoms with E-state index in [-0.39, 0.29) is 0 Å². The van der Waals surface area contributed by atoms with Gasteiger partial charge in [0.05, 0.1) is 21.1 Å². The number of aromatic nitrogens is 2. The van der Waals surface area contributed by atoms with E-state index in [4.69, 9.17) is 23.2 Å². The van der Waals surface area contributed by atoms with Gasteiger partial charge in [-0.15, -0.1) is 0 Å². The molecule has 1 N–H and O–H groups in total. The Morgan fingerprint density at radius 3 is 2.63 bits per heavy atom. The molecule has 0 saturated carbocycles. The maximum absolute atomic E-state index is 6.02. The molecule has 4 heteroatoms. The number of fused-ring (bicyclic) bond motifs is 1. The Hall–Kier alpha value is -1.51. The third kappa shape index (κ3) is 2.22.